The lowest BCUT2D eigenvalue weighted by Gasteiger charge is -2.32. The van der Waals surface area contributed by atoms with Gasteiger partial charge in [-0.15, -0.1) is 0 Å². The molecule has 0 atom stereocenters. The molecule has 2 aliphatic heterocycles. The van der Waals surface area contributed by atoms with Gasteiger partial charge in [0.15, 0.2) is 0 Å². The highest BCUT2D eigenvalue weighted by molar-refractivity contribution is 7.50. The van der Waals surface area contributed by atoms with Crippen LogP contribution in [0, 0.1) is 0 Å². The summed E-state index contributed by atoms with van der Waals surface area (Å²) in [5.41, 5.74) is 8.32. The number of hydrogen-bond acceptors (Lipinski definition) is 20. The quantitative estimate of drug-likeness (QED) is 0.0460. The first-order chi connectivity index (χ1) is 50.5. The Morgan fingerprint density at radius 1 is 0.266 bits per heavy atom. The molecule has 0 N–H and O–H groups in total. The topological polar surface area (TPSA) is 224 Å². The first-order valence-electron chi connectivity index (χ1n) is 38.5. The standard InChI is InChI=1S/C84H123O20P5/c1-28-90-105(85,91-29-2)99-73-55-37-56-44-68(80(13,14)15)46-58(74(56)100-106(86,92-30-3)93-31-4)39-60-48-70(82(19,20)21)50-62(76(60)102-108(88,96-34-7)97-35-8)41-64-52-72(84(25,26)27)54-66-42-65-53-71(83(22,23)24)51-63(77(65)103-109(89,98-36-9)104-78(64)66)40-61-49-69(81(16,17)18)47-59(38-57(73)45-67(43-55)79(10,11)12)75(61)101-107(87,94-32-5)95-33-6/h43-54H,28-42H2,1-27H3. The number of hydrogen-bond donors (Lipinski definition) is 0. The lowest BCUT2D eigenvalue weighted by molar-refractivity contribution is 0.165. The highest BCUT2D eigenvalue weighted by Crippen LogP contribution is 2.61. The van der Waals surface area contributed by atoms with E-state index in [0.717, 1.165) is 33.4 Å². The predicted octanol–water partition coefficient (Wildman–Crippen LogP) is 24.5. The summed E-state index contributed by atoms with van der Waals surface area (Å²) >= 11 is 0. The summed E-state index contributed by atoms with van der Waals surface area (Å²) < 4.78 is 176. The molecule has 0 saturated carbocycles. The van der Waals surface area contributed by atoms with Crippen LogP contribution in [0.5, 0.6) is 34.5 Å². The first-order valence-corrected chi connectivity index (χ1v) is 45.8. The Balaban J connectivity index is 1.73. The maximum absolute atomic E-state index is 16.5. The third-order valence-corrected chi connectivity index (χ3v) is 26.3. The Hall–Kier alpha value is -5.09. The van der Waals surface area contributed by atoms with E-state index in [2.05, 4.69) is 137 Å². The maximum Gasteiger partial charge on any atom is 0.587 e. The van der Waals surface area contributed by atoms with Crippen LogP contribution in [0.25, 0.3) is 0 Å². The molecule has 0 saturated heterocycles. The van der Waals surface area contributed by atoms with Gasteiger partial charge in [-0.05, 0) is 195 Å². The third kappa shape index (κ3) is 22.3. The van der Waals surface area contributed by atoms with Crippen molar-refractivity contribution in [1.82, 2.24) is 0 Å². The fourth-order valence-corrected chi connectivity index (χ4v) is 19.6. The molecule has 1 aliphatic carbocycles. The van der Waals surface area contributed by atoms with Crippen LogP contribution in [0.15, 0.2) is 72.8 Å². The van der Waals surface area contributed by atoms with E-state index >= 15 is 22.8 Å². The Bertz CT molecular complexity index is 4180. The third-order valence-electron chi connectivity index (χ3n) is 18.7. The van der Waals surface area contributed by atoms with Gasteiger partial charge in [0.05, 0.1) is 59.5 Å². The minimum absolute atomic E-state index is 0.00862. The molecule has 6 aromatic carbocycles. The van der Waals surface area contributed by atoms with Crippen molar-refractivity contribution in [1.29, 1.82) is 0 Å². The van der Waals surface area contributed by atoms with Gasteiger partial charge in [-0.2, -0.15) is 0 Å². The van der Waals surface area contributed by atoms with Gasteiger partial charge in [0.1, 0.15) is 34.5 Å². The lowest BCUT2D eigenvalue weighted by Crippen LogP contribution is -2.19. The molecule has 9 rings (SSSR count). The summed E-state index contributed by atoms with van der Waals surface area (Å²) in [4.78, 5) is 0. The second-order valence-corrected chi connectivity index (χ2v) is 41.7. The van der Waals surface area contributed by atoms with Crippen LogP contribution in [-0.2, 0) is 135 Å². The van der Waals surface area contributed by atoms with Crippen LogP contribution < -0.4 is 27.1 Å². The molecule has 0 unspecified atom stereocenters. The number of phosphoric ester groups is 5. The SMILES string of the molecule is CCOP(=O)(OCC)Oc1c2cc(C(C)(C)C)cc1Cc1cc(C(C)(C)C)cc(c1OP(=O)(OCC)OCC)Cc1cc(C(C)(C)C)cc3c1OP(=O)(OCC)Oc1c(cc(C(C)(C)C)cc1C3)Cc1cc(C(C)(C)C)cc(c1OP(=O)(OCC)OCC)Cc1cc(C(C)(C)C)cc(c1OP(=O)(OCC)OCC)C2. The molecule has 604 valence electrons. The van der Waals surface area contributed by atoms with Gasteiger partial charge in [0.25, 0.3) is 0 Å². The zero-order chi connectivity index (χ0) is 81.1. The largest absolute Gasteiger partial charge is 0.587 e. The van der Waals surface area contributed by atoms with Gasteiger partial charge >= 0.3 is 39.1 Å². The second kappa shape index (κ2) is 34.9. The molecule has 20 nitrogen and oxygen atoms in total. The molecule has 0 aromatic heterocycles. The average Bonchev–Trinajstić information content (AvgIpc) is 0.747. The maximum atomic E-state index is 16.5. The van der Waals surface area contributed by atoms with Crippen molar-refractivity contribution >= 4 is 39.1 Å². The molecule has 0 fully saturated rings. The summed E-state index contributed by atoms with van der Waals surface area (Å²) in [6.45, 7) is 52.8. The molecular formula is C84H123O20P5. The minimum atomic E-state index is -4.78. The van der Waals surface area contributed by atoms with Crippen molar-refractivity contribution in [2.75, 3.05) is 59.5 Å². The molecular weight excluding hydrogens is 1480 g/mol. The average molecular weight is 1610 g/mol. The van der Waals surface area contributed by atoms with E-state index in [1.54, 1.807) is 62.3 Å². The molecule has 25 heteroatoms. The molecule has 0 radical (unpaired) electrons. The highest BCUT2D eigenvalue weighted by Gasteiger charge is 2.42. The fourth-order valence-electron chi connectivity index (χ4n) is 13.2. The Morgan fingerprint density at radius 2 is 0.413 bits per heavy atom. The summed E-state index contributed by atoms with van der Waals surface area (Å²) in [6, 6.07) is 24.4. The molecule has 14 bridgehead atoms. The molecule has 2 heterocycles. The lowest BCUT2D eigenvalue weighted by atomic mass is 9.79. The molecule has 6 aromatic rings. The number of fused-ring (bicyclic) bond motifs is 2. The summed E-state index contributed by atoms with van der Waals surface area (Å²) in [5, 5.41) is 0. The molecule has 0 amide bonds. The van der Waals surface area contributed by atoms with Crippen molar-refractivity contribution in [2.45, 2.75) is 258 Å². The van der Waals surface area contributed by atoms with E-state index in [4.69, 9.17) is 67.9 Å². The molecule has 3 aliphatic rings. The van der Waals surface area contributed by atoms with Crippen LogP contribution in [0.2, 0.25) is 0 Å². The summed E-state index contributed by atoms with van der Waals surface area (Å²) in [7, 11) is -22.9. The van der Waals surface area contributed by atoms with Crippen molar-refractivity contribution < 1.29 is 90.7 Å². The van der Waals surface area contributed by atoms with Crippen LogP contribution in [0.4, 0.5) is 0 Å². The Morgan fingerprint density at radius 3 is 0.560 bits per heavy atom. The van der Waals surface area contributed by atoms with E-state index in [9.17, 15) is 0 Å². The highest BCUT2D eigenvalue weighted by atomic mass is 31.2. The molecule has 0 spiro atoms. The van der Waals surface area contributed by atoms with Crippen molar-refractivity contribution in [3.05, 3.63) is 173 Å². The van der Waals surface area contributed by atoms with Crippen molar-refractivity contribution in [3.63, 3.8) is 0 Å². The van der Waals surface area contributed by atoms with E-state index in [1.165, 1.54) is 0 Å². The van der Waals surface area contributed by atoms with E-state index in [1.807, 2.05) is 60.7 Å². The monoisotopic (exact) mass is 1610 g/mol. The van der Waals surface area contributed by atoms with E-state index in [-0.39, 0.29) is 132 Å². The summed E-state index contributed by atoms with van der Waals surface area (Å²) in [5.74, 6) is 1.02. The van der Waals surface area contributed by atoms with Crippen molar-refractivity contribution in [3.8, 4) is 34.5 Å². The van der Waals surface area contributed by atoms with Crippen LogP contribution in [-0.4, -0.2) is 59.5 Å². The zero-order valence-electron chi connectivity index (χ0n) is 69.9. The fraction of sp³-hybridized carbons (Fsp3) is 0.571. The second-order valence-electron chi connectivity index (χ2n) is 33.8. The van der Waals surface area contributed by atoms with Gasteiger partial charge in [0, 0.05) is 38.5 Å². The van der Waals surface area contributed by atoms with Gasteiger partial charge in [-0.1, -0.05) is 197 Å². The number of benzene rings is 6. The van der Waals surface area contributed by atoms with Crippen LogP contribution in [0.1, 0.15) is 287 Å². The van der Waals surface area contributed by atoms with Gasteiger partial charge in [-0.25, -0.2) is 22.8 Å². The molecule has 109 heavy (non-hydrogen) atoms. The smallest absolute Gasteiger partial charge is 0.403 e. The van der Waals surface area contributed by atoms with Crippen LogP contribution >= 0.6 is 39.1 Å². The van der Waals surface area contributed by atoms with E-state index < -0.39 is 71.6 Å². The predicted molar refractivity (Wildman–Crippen MR) is 434 cm³/mol. The minimum Gasteiger partial charge on any atom is -0.403 e. The Kier molecular flexibility index (Phi) is 28.7. The van der Waals surface area contributed by atoms with E-state index in [0.29, 0.717) is 66.8 Å². The van der Waals surface area contributed by atoms with Crippen molar-refractivity contribution in [2.24, 2.45) is 0 Å². The van der Waals surface area contributed by atoms with Gasteiger partial charge < -0.3 is 27.1 Å². The number of rotatable bonds is 26. The van der Waals surface area contributed by atoms with Gasteiger partial charge in [-0.3, -0.25) is 40.7 Å². The summed E-state index contributed by atoms with van der Waals surface area (Å²) in [6.07, 6.45) is 0.0288. The normalized spacial score (nSPS) is 14.9. The van der Waals surface area contributed by atoms with Crippen LogP contribution in [0.3, 0.4) is 0 Å². The Labute approximate surface area is 651 Å². The first kappa shape index (κ1) is 89.5. The zero-order valence-corrected chi connectivity index (χ0v) is 74.4. The number of phosphoric acid groups is 5. The van der Waals surface area contributed by atoms with Gasteiger partial charge in [0.2, 0.25) is 0 Å².